The lowest BCUT2D eigenvalue weighted by molar-refractivity contribution is -0.208. The van der Waals surface area contributed by atoms with Gasteiger partial charge in [-0.05, 0) is 64.2 Å². The summed E-state index contributed by atoms with van der Waals surface area (Å²) in [6, 6.07) is 0. The molecule has 5 heteroatoms. The number of aliphatic hydroxyl groups is 2. The molecule has 0 saturated heterocycles. The minimum Gasteiger partial charge on any atom is -0.465 e. The highest BCUT2D eigenvalue weighted by Crippen LogP contribution is 2.38. The van der Waals surface area contributed by atoms with Crippen LogP contribution in [0, 0.1) is 17.8 Å². The van der Waals surface area contributed by atoms with Crippen molar-refractivity contribution in [3.05, 3.63) is 36.0 Å². The molecule has 0 spiro atoms. The van der Waals surface area contributed by atoms with Gasteiger partial charge < -0.3 is 14.9 Å². The molecule has 1 aliphatic carbocycles. The van der Waals surface area contributed by atoms with Gasteiger partial charge in [0.15, 0.2) is 0 Å². The topological polar surface area (TPSA) is 66.8 Å². The fraction of sp³-hybridized carbons (Fsp3) is 0.696. The second-order valence-electron chi connectivity index (χ2n) is 8.27. The minimum atomic E-state index is -2.45. The second kappa shape index (κ2) is 12.2. The van der Waals surface area contributed by atoms with Gasteiger partial charge in [0.1, 0.15) is 6.17 Å². The summed E-state index contributed by atoms with van der Waals surface area (Å²) in [6.07, 6.45) is 13.8. The summed E-state index contributed by atoms with van der Waals surface area (Å²) < 4.78 is 18.6. The Balaban J connectivity index is 2.44. The number of esters is 1. The van der Waals surface area contributed by atoms with Gasteiger partial charge in [-0.15, -0.1) is 0 Å². The second-order valence-corrected chi connectivity index (χ2v) is 8.27. The van der Waals surface area contributed by atoms with Crippen LogP contribution in [-0.2, 0) is 9.53 Å². The fourth-order valence-corrected chi connectivity index (χ4v) is 3.55. The van der Waals surface area contributed by atoms with Crippen LogP contribution < -0.4 is 0 Å². The standard InChI is InChI=1S/C23H37FO4/c1-17(2)12-13-18(3)9-8-11-20-19(14-15-21(20)24)10-6-5-7-16-23(26,27)22(25)28-4/h5-6,8,11-12,18-21,26-27H,7,9-10,13-16H2,1-4H3/b6-5-,11-8+/t18?,19-,20+,21-/m0/s1. The van der Waals surface area contributed by atoms with E-state index in [2.05, 4.69) is 43.7 Å². The van der Waals surface area contributed by atoms with E-state index in [0.717, 1.165) is 32.8 Å². The van der Waals surface area contributed by atoms with Gasteiger partial charge in [0.2, 0.25) is 0 Å². The molecule has 0 radical (unpaired) electrons. The monoisotopic (exact) mass is 396 g/mol. The SMILES string of the molecule is COC(=O)C(O)(O)CC/C=C\C[C@H]1CC[C@H](F)[C@@H]1/C=C/CC(C)CC=C(C)C. The first-order chi connectivity index (χ1) is 13.2. The van der Waals surface area contributed by atoms with E-state index in [9.17, 15) is 19.4 Å². The zero-order valence-corrected chi connectivity index (χ0v) is 17.7. The van der Waals surface area contributed by atoms with Crippen molar-refractivity contribution in [3.8, 4) is 0 Å². The molecule has 160 valence electrons. The van der Waals surface area contributed by atoms with Crippen molar-refractivity contribution in [1.82, 2.24) is 0 Å². The molecule has 28 heavy (non-hydrogen) atoms. The van der Waals surface area contributed by atoms with E-state index in [4.69, 9.17) is 0 Å². The van der Waals surface area contributed by atoms with Crippen LogP contribution in [0.3, 0.4) is 0 Å². The number of alkyl halides is 1. The number of halogens is 1. The smallest absolute Gasteiger partial charge is 0.366 e. The summed E-state index contributed by atoms with van der Waals surface area (Å²) in [5.74, 6) is -2.74. The molecular formula is C23H37FO4. The van der Waals surface area contributed by atoms with Gasteiger partial charge >= 0.3 is 5.97 Å². The van der Waals surface area contributed by atoms with Crippen LogP contribution in [-0.4, -0.2) is 35.3 Å². The van der Waals surface area contributed by atoms with Crippen LogP contribution in [0.2, 0.25) is 0 Å². The molecule has 1 saturated carbocycles. The van der Waals surface area contributed by atoms with E-state index in [-0.39, 0.29) is 18.3 Å². The number of hydrogen-bond donors (Lipinski definition) is 2. The highest BCUT2D eigenvalue weighted by Gasteiger charge is 2.34. The average Bonchev–Trinajstić information content (AvgIpc) is 2.98. The number of ether oxygens (including phenoxy) is 1. The first kappa shape index (κ1) is 24.6. The molecule has 1 aliphatic rings. The molecule has 0 aromatic heterocycles. The Bertz CT molecular complexity index is 561. The number of rotatable bonds is 11. The summed E-state index contributed by atoms with van der Waals surface area (Å²) >= 11 is 0. The van der Waals surface area contributed by atoms with E-state index in [1.165, 1.54) is 5.57 Å². The molecule has 0 aliphatic heterocycles. The van der Waals surface area contributed by atoms with Gasteiger partial charge in [0.25, 0.3) is 5.79 Å². The molecule has 1 fully saturated rings. The zero-order valence-electron chi connectivity index (χ0n) is 17.7. The summed E-state index contributed by atoms with van der Waals surface area (Å²) in [4.78, 5) is 11.2. The minimum absolute atomic E-state index is 0.0508. The maximum absolute atomic E-state index is 14.3. The molecule has 0 heterocycles. The van der Waals surface area contributed by atoms with Gasteiger partial charge in [0.05, 0.1) is 7.11 Å². The molecule has 4 nitrogen and oxygen atoms in total. The van der Waals surface area contributed by atoms with Gasteiger partial charge in [-0.2, -0.15) is 0 Å². The Morgan fingerprint density at radius 1 is 1.21 bits per heavy atom. The Kier molecular flexibility index (Phi) is 10.7. The van der Waals surface area contributed by atoms with Gasteiger partial charge in [-0.1, -0.05) is 42.9 Å². The van der Waals surface area contributed by atoms with Crippen LogP contribution >= 0.6 is 0 Å². The van der Waals surface area contributed by atoms with E-state index in [0.29, 0.717) is 18.8 Å². The molecule has 4 atom stereocenters. The normalized spacial score (nSPS) is 24.0. The molecule has 1 unspecified atom stereocenters. The molecule has 0 aromatic rings. The third-order valence-electron chi connectivity index (χ3n) is 5.38. The van der Waals surface area contributed by atoms with Crippen LogP contribution in [0.5, 0.6) is 0 Å². The van der Waals surface area contributed by atoms with Gasteiger partial charge in [-0.3, -0.25) is 0 Å². The maximum Gasteiger partial charge on any atom is 0.366 e. The number of carbonyl (C=O) groups excluding carboxylic acids is 1. The van der Waals surface area contributed by atoms with Crippen molar-refractivity contribution in [1.29, 1.82) is 0 Å². The van der Waals surface area contributed by atoms with Gasteiger partial charge in [-0.25, -0.2) is 9.18 Å². The van der Waals surface area contributed by atoms with E-state index >= 15 is 0 Å². The van der Waals surface area contributed by atoms with Crippen molar-refractivity contribution in [2.24, 2.45) is 17.8 Å². The molecule has 0 bridgehead atoms. The third kappa shape index (κ3) is 8.70. The summed E-state index contributed by atoms with van der Waals surface area (Å²) in [5.41, 5.74) is 1.33. The van der Waals surface area contributed by atoms with Crippen LogP contribution in [0.4, 0.5) is 4.39 Å². The Morgan fingerprint density at radius 2 is 1.93 bits per heavy atom. The summed E-state index contributed by atoms with van der Waals surface area (Å²) in [7, 11) is 1.11. The van der Waals surface area contributed by atoms with Crippen LogP contribution in [0.1, 0.15) is 65.7 Å². The number of methoxy groups -OCH3 is 1. The molecule has 0 amide bonds. The lowest BCUT2D eigenvalue weighted by atomic mass is 9.90. The van der Waals surface area contributed by atoms with Crippen molar-refractivity contribution in [2.75, 3.05) is 7.11 Å². The van der Waals surface area contributed by atoms with Crippen molar-refractivity contribution in [2.45, 2.75) is 77.7 Å². The third-order valence-corrected chi connectivity index (χ3v) is 5.38. The number of hydrogen-bond acceptors (Lipinski definition) is 4. The quantitative estimate of drug-likeness (QED) is 0.297. The number of allylic oxidation sites excluding steroid dienone is 6. The number of carbonyl (C=O) groups is 1. The lowest BCUT2D eigenvalue weighted by Gasteiger charge is -2.18. The zero-order chi connectivity index (χ0) is 21.2. The van der Waals surface area contributed by atoms with E-state index in [1.807, 2.05) is 12.2 Å². The van der Waals surface area contributed by atoms with Gasteiger partial charge in [0, 0.05) is 12.3 Å². The van der Waals surface area contributed by atoms with Crippen molar-refractivity contribution < 1.29 is 24.1 Å². The highest BCUT2D eigenvalue weighted by atomic mass is 19.1. The first-order valence-electron chi connectivity index (χ1n) is 10.3. The predicted molar refractivity (Wildman–Crippen MR) is 110 cm³/mol. The molecule has 2 N–H and O–H groups in total. The molecule has 0 aromatic carbocycles. The largest absolute Gasteiger partial charge is 0.465 e. The maximum atomic E-state index is 14.3. The van der Waals surface area contributed by atoms with E-state index < -0.39 is 17.9 Å². The predicted octanol–water partition coefficient (Wildman–Crippen LogP) is 4.87. The summed E-state index contributed by atoms with van der Waals surface area (Å²) in [6.45, 7) is 6.41. The Morgan fingerprint density at radius 3 is 2.57 bits per heavy atom. The van der Waals surface area contributed by atoms with Crippen molar-refractivity contribution >= 4 is 5.97 Å². The van der Waals surface area contributed by atoms with Crippen LogP contribution in [0.15, 0.2) is 36.0 Å². The lowest BCUT2D eigenvalue weighted by Crippen LogP contribution is -2.39. The van der Waals surface area contributed by atoms with Crippen molar-refractivity contribution in [3.63, 3.8) is 0 Å². The first-order valence-corrected chi connectivity index (χ1v) is 10.3. The van der Waals surface area contributed by atoms with E-state index in [1.54, 1.807) is 0 Å². The molecular weight excluding hydrogens is 359 g/mol. The Hall–Kier alpha value is -1.46. The average molecular weight is 397 g/mol. The highest BCUT2D eigenvalue weighted by molar-refractivity contribution is 5.76. The fourth-order valence-electron chi connectivity index (χ4n) is 3.55. The van der Waals surface area contributed by atoms with Crippen LogP contribution in [0.25, 0.3) is 0 Å². The molecule has 1 rings (SSSR count). The Labute approximate surface area is 169 Å². The summed E-state index contributed by atoms with van der Waals surface area (Å²) in [5, 5.41) is 19.1.